The smallest absolute Gasteiger partial charge is 0.239 e. The fourth-order valence-electron chi connectivity index (χ4n) is 2.08. The monoisotopic (exact) mass is 300 g/mol. The van der Waals surface area contributed by atoms with E-state index < -0.39 is 21.1 Å². The predicted octanol–water partition coefficient (Wildman–Crippen LogP) is 2.12. The second-order valence-electron chi connectivity index (χ2n) is 5.18. The Hall–Kier alpha value is -1.14. The van der Waals surface area contributed by atoms with Gasteiger partial charge in [-0.1, -0.05) is 6.07 Å². The Labute approximate surface area is 120 Å². The predicted molar refractivity (Wildman–Crippen MR) is 78.8 cm³/mol. The molecule has 2 rings (SSSR count). The topological polar surface area (TPSA) is 49.4 Å². The van der Waals surface area contributed by atoms with Crippen LogP contribution in [-0.4, -0.2) is 32.8 Å². The molecule has 1 atom stereocenters. The van der Waals surface area contributed by atoms with Crippen molar-refractivity contribution >= 4 is 15.7 Å². The summed E-state index contributed by atoms with van der Waals surface area (Å²) in [5.41, 5.74) is 0.380. The van der Waals surface area contributed by atoms with Crippen LogP contribution < -0.4 is 9.62 Å². The van der Waals surface area contributed by atoms with Crippen molar-refractivity contribution < 1.29 is 12.8 Å². The summed E-state index contributed by atoms with van der Waals surface area (Å²) in [5, 5.41) is 2.69. The van der Waals surface area contributed by atoms with Gasteiger partial charge < -0.3 is 5.32 Å². The third-order valence-corrected chi connectivity index (χ3v) is 5.74. The zero-order valence-corrected chi connectivity index (χ0v) is 12.7. The molecule has 1 N–H and O–H groups in total. The van der Waals surface area contributed by atoms with Crippen LogP contribution in [0.2, 0.25) is 0 Å². The summed E-state index contributed by atoms with van der Waals surface area (Å²) in [7, 11) is -3.48. The number of hydrogen-bond donors (Lipinski definition) is 1. The highest BCUT2D eigenvalue weighted by Gasteiger charge is 2.30. The first-order chi connectivity index (χ1) is 9.45. The maximum atomic E-state index is 13.3. The van der Waals surface area contributed by atoms with Crippen LogP contribution in [0.5, 0.6) is 0 Å². The van der Waals surface area contributed by atoms with Gasteiger partial charge in [0.15, 0.2) is 0 Å². The maximum absolute atomic E-state index is 13.3. The molecule has 6 heteroatoms. The molecular weight excluding hydrogens is 279 g/mol. The van der Waals surface area contributed by atoms with Crippen molar-refractivity contribution in [1.29, 1.82) is 0 Å². The highest BCUT2D eigenvalue weighted by molar-refractivity contribution is 7.93. The van der Waals surface area contributed by atoms with Gasteiger partial charge in [0.2, 0.25) is 10.0 Å². The Kier molecular flexibility index (Phi) is 4.65. The van der Waals surface area contributed by atoms with Crippen molar-refractivity contribution in [3.63, 3.8) is 0 Å². The molecule has 0 aromatic heterocycles. The highest BCUT2D eigenvalue weighted by atomic mass is 32.2. The van der Waals surface area contributed by atoms with Gasteiger partial charge in [-0.25, -0.2) is 12.8 Å². The molecule has 1 aliphatic rings. The molecule has 112 valence electrons. The van der Waals surface area contributed by atoms with Gasteiger partial charge in [0.25, 0.3) is 0 Å². The van der Waals surface area contributed by atoms with Gasteiger partial charge >= 0.3 is 0 Å². The molecular formula is C14H21FN2O2S. The third-order valence-electron chi connectivity index (χ3n) is 3.47. The lowest BCUT2D eigenvalue weighted by Gasteiger charge is -2.26. The molecule has 0 radical (unpaired) electrons. The average molecular weight is 300 g/mol. The Balaban J connectivity index is 2.15. The van der Waals surface area contributed by atoms with Crippen molar-refractivity contribution in [2.45, 2.75) is 38.0 Å². The van der Waals surface area contributed by atoms with Crippen LogP contribution >= 0.6 is 0 Å². The molecule has 20 heavy (non-hydrogen) atoms. The molecule has 0 saturated heterocycles. The SMILES string of the molecule is CCN(c1cccc(F)c1)S(=O)(=O)C(C)CNC1CC1. The van der Waals surface area contributed by atoms with E-state index in [-0.39, 0.29) is 0 Å². The minimum atomic E-state index is -3.48. The molecule has 0 heterocycles. The van der Waals surface area contributed by atoms with E-state index in [1.54, 1.807) is 19.9 Å². The Morgan fingerprint density at radius 2 is 2.15 bits per heavy atom. The zero-order chi connectivity index (χ0) is 14.8. The fraction of sp³-hybridized carbons (Fsp3) is 0.571. The summed E-state index contributed by atoms with van der Waals surface area (Å²) >= 11 is 0. The summed E-state index contributed by atoms with van der Waals surface area (Å²) in [4.78, 5) is 0. The van der Waals surface area contributed by atoms with Crippen molar-refractivity contribution in [1.82, 2.24) is 5.32 Å². The van der Waals surface area contributed by atoms with Crippen molar-refractivity contribution in [3.8, 4) is 0 Å². The van der Waals surface area contributed by atoms with Crippen molar-refractivity contribution in [3.05, 3.63) is 30.1 Å². The summed E-state index contributed by atoms with van der Waals surface area (Å²) in [6, 6.07) is 6.17. The van der Waals surface area contributed by atoms with Crippen LogP contribution in [0, 0.1) is 5.82 Å². The lowest BCUT2D eigenvalue weighted by molar-refractivity contribution is 0.566. The van der Waals surface area contributed by atoms with E-state index in [4.69, 9.17) is 0 Å². The molecule has 4 nitrogen and oxygen atoms in total. The standard InChI is InChI=1S/C14H21FN2O2S/c1-3-17(14-6-4-5-12(15)9-14)20(18,19)11(2)10-16-13-7-8-13/h4-6,9,11,13,16H,3,7-8,10H2,1-2H3. The minimum absolute atomic E-state index is 0.291. The van der Waals surface area contributed by atoms with E-state index in [1.165, 1.54) is 22.5 Å². The molecule has 1 aromatic rings. The summed E-state index contributed by atoms with van der Waals surface area (Å²) in [6.45, 7) is 4.16. The van der Waals surface area contributed by atoms with E-state index >= 15 is 0 Å². The van der Waals surface area contributed by atoms with Gasteiger partial charge in [-0.05, 0) is 44.9 Å². The van der Waals surface area contributed by atoms with Gasteiger partial charge in [0.1, 0.15) is 5.82 Å². The molecule has 1 saturated carbocycles. The van der Waals surface area contributed by atoms with Crippen molar-refractivity contribution in [2.24, 2.45) is 0 Å². The lowest BCUT2D eigenvalue weighted by Crippen LogP contribution is -2.42. The van der Waals surface area contributed by atoms with Crippen molar-refractivity contribution in [2.75, 3.05) is 17.4 Å². The lowest BCUT2D eigenvalue weighted by atomic mass is 10.3. The number of benzene rings is 1. The molecule has 1 fully saturated rings. The minimum Gasteiger partial charge on any atom is -0.313 e. The number of nitrogens with one attached hydrogen (secondary N) is 1. The number of anilines is 1. The van der Waals surface area contributed by atoms with E-state index in [1.807, 2.05) is 0 Å². The number of nitrogens with zero attached hydrogens (tertiary/aromatic N) is 1. The Morgan fingerprint density at radius 3 is 2.70 bits per heavy atom. The summed E-state index contributed by atoms with van der Waals surface area (Å²) in [6.07, 6.45) is 2.24. The van der Waals surface area contributed by atoms with Crippen LogP contribution in [0.1, 0.15) is 26.7 Å². The third kappa shape index (κ3) is 3.49. The van der Waals surface area contributed by atoms with Crippen LogP contribution in [-0.2, 0) is 10.0 Å². The number of halogens is 1. The fourth-order valence-corrected chi connectivity index (χ4v) is 3.59. The summed E-state index contributed by atoms with van der Waals surface area (Å²) < 4.78 is 39.7. The quantitative estimate of drug-likeness (QED) is 0.839. The van der Waals surface area contributed by atoms with E-state index in [0.29, 0.717) is 24.8 Å². The van der Waals surface area contributed by atoms with Gasteiger partial charge in [-0.15, -0.1) is 0 Å². The van der Waals surface area contributed by atoms with Gasteiger partial charge in [-0.2, -0.15) is 0 Å². The molecule has 0 bridgehead atoms. The normalized spacial score (nSPS) is 16.9. The molecule has 1 aliphatic carbocycles. The largest absolute Gasteiger partial charge is 0.313 e. The number of sulfonamides is 1. The molecule has 0 aliphatic heterocycles. The van der Waals surface area contributed by atoms with E-state index in [0.717, 1.165) is 12.8 Å². The van der Waals surface area contributed by atoms with Gasteiger partial charge in [0.05, 0.1) is 10.9 Å². The van der Waals surface area contributed by atoms with Gasteiger partial charge in [-0.3, -0.25) is 4.31 Å². The molecule has 0 amide bonds. The highest BCUT2D eigenvalue weighted by Crippen LogP contribution is 2.23. The molecule has 0 spiro atoms. The van der Waals surface area contributed by atoms with E-state index in [9.17, 15) is 12.8 Å². The zero-order valence-electron chi connectivity index (χ0n) is 11.8. The number of rotatable bonds is 7. The second kappa shape index (κ2) is 6.10. The second-order valence-corrected chi connectivity index (χ2v) is 7.46. The van der Waals surface area contributed by atoms with Crippen LogP contribution in [0.25, 0.3) is 0 Å². The first kappa shape index (κ1) is 15.3. The van der Waals surface area contributed by atoms with Gasteiger partial charge in [0, 0.05) is 19.1 Å². The Bertz CT molecular complexity index is 558. The average Bonchev–Trinajstić information content (AvgIpc) is 3.20. The summed E-state index contributed by atoms with van der Waals surface area (Å²) in [5.74, 6) is -0.431. The van der Waals surface area contributed by atoms with E-state index in [2.05, 4.69) is 5.32 Å². The molecule has 1 aromatic carbocycles. The Morgan fingerprint density at radius 1 is 1.45 bits per heavy atom. The first-order valence-electron chi connectivity index (χ1n) is 6.95. The van der Waals surface area contributed by atoms with Crippen LogP contribution in [0.3, 0.4) is 0 Å². The first-order valence-corrected chi connectivity index (χ1v) is 8.46. The number of hydrogen-bond acceptors (Lipinski definition) is 3. The van der Waals surface area contributed by atoms with Crippen LogP contribution in [0.15, 0.2) is 24.3 Å². The maximum Gasteiger partial charge on any atom is 0.239 e. The van der Waals surface area contributed by atoms with Crippen LogP contribution in [0.4, 0.5) is 10.1 Å². The molecule has 1 unspecified atom stereocenters.